The molecule has 1 aromatic heterocycles. The van der Waals surface area contributed by atoms with Crippen molar-refractivity contribution in [2.45, 2.75) is 51.9 Å². The van der Waals surface area contributed by atoms with Crippen LogP contribution in [0.5, 0.6) is 0 Å². The number of rotatable bonds is 6. The van der Waals surface area contributed by atoms with E-state index >= 15 is 0 Å². The molecule has 0 aliphatic heterocycles. The summed E-state index contributed by atoms with van der Waals surface area (Å²) in [6.07, 6.45) is -2.25. The summed E-state index contributed by atoms with van der Waals surface area (Å²) in [5.74, 6) is 1.05. The molecule has 33 heavy (non-hydrogen) atoms. The average Bonchev–Trinajstić information content (AvgIpc) is 3.49. The van der Waals surface area contributed by atoms with Gasteiger partial charge < -0.3 is 15.2 Å². The smallest absolute Gasteiger partial charge is 0.382 e. The molecule has 9 heteroatoms. The fraction of sp³-hybridized carbons (Fsp3) is 0.417. The summed E-state index contributed by atoms with van der Waals surface area (Å²) in [4.78, 5) is 9.10. The highest BCUT2D eigenvalue weighted by molar-refractivity contribution is 7.70. The highest BCUT2D eigenvalue weighted by Gasteiger charge is 2.33. The zero-order valence-electron chi connectivity index (χ0n) is 19.3. The molecule has 3 aromatic rings. The van der Waals surface area contributed by atoms with Crippen LogP contribution in [0.1, 0.15) is 48.3 Å². The normalized spacial score (nSPS) is 15.5. The Bertz CT molecular complexity index is 1260. The van der Waals surface area contributed by atoms with E-state index in [-0.39, 0.29) is 5.56 Å². The van der Waals surface area contributed by atoms with Crippen molar-refractivity contribution in [3.63, 3.8) is 0 Å². The molecule has 4 rings (SSSR count). The van der Waals surface area contributed by atoms with E-state index in [1.54, 1.807) is 33.2 Å². The molecule has 1 atom stereocenters. The molecule has 0 radical (unpaired) electrons. The molecule has 1 unspecified atom stereocenters. The Morgan fingerprint density at radius 3 is 2.42 bits per heavy atom. The van der Waals surface area contributed by atoms with Crippen molar-refractivity contribution < 1.29 is 17.7 Å². The monoisotopic (exact) mass is 476 g/mol. The summed E-state index contributed by atoms with van der Waals surface area (Å²) in [5, 5.41) is 8.16. The van der Waals surface area contributed by atoms with E-state index in [9.17, 15) is 17.7 Å². The molecule has 1 aliphatic rings. The van der Waals surface area contributed by atoms with Gasteiger partial charge in [-0.25, -0.2) is 9.97 Å². The highest BCUT2D eigenvalue weighted by atomic mass is 31.2. The van der Waals surface area contributed by atoms with Gasteiger partial charge in [-0.3, -0.25) is 0 Å². The van der Waals surface area contributed by atoms with E-state index in [0.29, 0.717) is 34.2 Å². The van der Waals surface area contributed by atoms with Crippen LogP contribution in [0.15, 0.2) is 30.3 Å². The number of hydrogen-bond acceptors (Lipinski definition) is 5. The van der Waals surface area contributed by atoms with Crippen LogP contribution in [0.4, 0.5) is 24.7 Å². The summed E-state index contributed by atoms with van der Waals surface area (Å²) in [6, 6.07) is 7.91. The van der Waals surface area contributed by atoms with E-state index in [1.807, 2.05) is 12.1 Å². The van der Waals surface area contributed by atoms with Gasteiger partial charge in [-0.05, 0) is 76.3 Å². The molecule has 2 N–H and O–H groups in total. The maximum absolute atomic E-state index is 13.4. The van der Waals surface area contributed by atoms with E-state index in [0.717, 1.165) is 29.9 Å². The van der Waals surface area contributed by atoms with Crippen LogP contribution in [-0.4, -0.2) is 29.3 Å². The van der Waals surface area contributed by atoms with Gasteiger partial charge in [-0.15, -0.1) is 0 Å². The van der Waals surface area contributed by atoms with Crippen LogP contribution in [0.3, 0.4) is 0 Å². The van der Waals surface area contributed by atoms with Crippen molar-refractivity contribution >= 4 is 34.9 Å². The van der Waals surface area contributed by atoms with Crippen LogP contribution >= 0.6 is 7.14 Å². The zero-order valence-corrected chi connectivity index (χ0v) is 20.2. The summed E-state index contributed by atoms with van der Waals surface area (Å²) in [7, 11) is -2.62. The van der Waals surface area contributed by atoms with Gasteiger partial charge >= 0.3 is 6.18 Å². The van der Waals surface area contributed by atoms with Crippen LogP contribution in [0, 0.1) is 13.8 Å². The molecule has 0 bridgehead atoms. The fourth-order valence-corrected chi connectivity index (χ4v) is 5.26. The SMILES string of the molecule is Cc1nc(NC(C)c2cccc(C(F)(F)F)c2C)c2cc(P(C)(C)=O)c(NC3CC3)cc2n1. The van der Waals surface area contributed by atoms with Gasteiger partial charge in [0.1, 0.15) is 18.8 Å². The number of benzene rings is 2. The van der Waals surface area contributed by atoms with Gasteiger partial charge in [0.2, 0.25) is 0 Å². The molecular formula is C24H28F3N4OP. The van der Waals surface area contributed by atoms with E-state index in [4.69, 9.17) is 0 Å². The van der Waals surface area contributed by atoms with Crippen molar-refractivity contribution in [1.29, 1.82) is 0 Å². The number of aryl methyl sites for hydroxylation is 1. The predicted octanol–water partition coefficient (Wildman–Crippen LogP) is 6.26. The van der Waals surface area contributed by atoms with Crippen molar-refractivity contribution in [1.82, 2.24) is 9.97 Å². The second-order valence-electron chi connectivity index (χ2n) is 9.16. The van der Waals surface area contributed by atoms with Gasteiger partial charge in [0.15, 0.2) is 0 Å². The minimum atomic E-state index is -4.42. The van der Waals surface area contributed by atoms with Crippen molar-refractivity contribution in [2.24, 2.45) is 0 Å². The lowest BCUT2D eigenvalue weighted by molar-refractivity contribution is -0.138. The maximum atomic E-state index is 13.4. The molecule has 5 nitrogen and oxygen atoms in total. The second-order valence-corrected chi connectivity index (χ2v) is 12.3. The molecule has 1 saturated carbocycles. The number of alkyl halides is 3. The summed E-state index contributed by atoms with van der Waals surface area (Å²) in [6.45, 7) is 8.52. The topological polar surface area (TPSA) is 66.9 Å². The Balaban J connectivity index is 1.79. The third-order valence-electron chi connectivity index (χ3n) is 5.94. The molecule has 2 aromatic carbocycles. The van der Waals surface area contributed by atoms with Crippen molar-refractivity contribution in [2.75, 3.05) is 24.0 Å². The van der Waals surface area contributed by atoms with E-state index < -0.39 is 24.9 Å². The second kappa shape index (κ2) is 8.32. The Morgan fingerprint density at radius 2 is 1.82 bits per heavy atom. The van der Waals surface area contributed by atoms with Gasteiger partial charge in [0, 0.05) is 22.4 Å². The number of nitrogens with zero attached hydrogens (tertiary/aromatic N) is 2. The lowest BCUT2D eigenvalue weighted by Crippen LogP contribution is -2.16. The standard InChI is InChI=1S/C24H28F3N4OP/c1-13-17(7-6-8-19(13)24(25,26)27)14(2)28-23-18-11-22(33(4,5)32)21(31-16-9-10-16)12-20(18)29-15(3)30-23/h6-8,11-12,14,16,31H,9-10H2,1-5H3,(H,28,29,30). The zero-order chi connectivity index (χ0) is 24.1. The number of halogens is 3. The molecule has 1 aliphatic carbocycles. The van der Waals surface area contributed by atoms with Gasteiger partial charge in [0.05, 0.1) is 17.1 Å². The van der Waals surface area contributed by atoms with Crippen molar-refractivity contribution in [3.05, 3.63) is 52.8 Å². The first kappa shape index (κ1) is 23.6. The molecule has 0 spiro atoms. The van der Waals surface area contributed by atoms with Gasteiger partial charge in [-0.2, -0.15) is 13.2 Å². The van der Waals surface area contributed by atoms with Crippen LogP contribution in [-0.2, 0) is 10.7 Å². The van der Waals surface area contributed by atoms with E-state index in [2.05, 4.69) is 20.6 Å². The lowest BCUT2D eigenvalue weighted by atomic mass is 9.97. The minimum absolute atomic E-state index is 0.184. The van der Waals surface area contributed by atoms with Crippen LogP contribution in [0.25, 0.3) is 10.9 Å². The third kappa shape index (κ3) is 5.01. The third-order valence-corrected chi connectivity index (χ3v) is 7.47. The first-order valence-electron chi connectivity index (χ1n) is 10.9. The number of hydrogen-bond donors (Lipinski definition) is 2. The number of fused-ring (bicyclic) bond motifs is 1. The quantitative estimate of drug-likeness (QED) is 0.411. The Labute approximate surface area is 191 Å². The Morgan fingerprint density at radius 1 is 1.12 bits per heavy atom. The summed E-state index contributed by atoms with van der Waals surface area (Å²) >= 11 is 0. The van der Waals surface area contributed by atoms with Gasteiger partial charge in [-0.1, -0.05) is 12.1 Å². The highest BCUT2D eigenvalue weighted by Crippen LogP contribution is 2.41. The first-order chi connectivity index (χ1) is 15.3. The maximum Gasteiger partial charge on any atom is 0.416 e. The molecular weight excluding hydrogens is 448 g/mol. The van der Waals surface area contributed by atoms with Gasteiger partial charge in [0.25, 0.3) is 0 Å². The van der Waals surface area contributed by atoms with Crippen LogP contribution < -0.4 is 15.9 Å². The largest absolute Gasteiger partial charge is 0.416 e. The minimum Gasteiger partial charge on any atom is -0.382 e. The molecule has 0 saturated heterocycles. The average molecular weight is 476 g/mol. The Hall–Kier alpha value is -2.60. The molecule has 0 amide bonds. The molecule has 1 heterocycles. The summed E-state index contributed by atoms with van der Waals surface area (Å²) in [5.41, 5.74) is 1.59. The fourth-order valence-electron chi connectivity index (χ4n) is 4.11. The Kier molecular flexibility index (Phi) is 5.94. The first-order valence-corrected chi connectivity index (χ1v) is 13.5. The van der Waals surface area contributed by atoms with Crippen molar-refractivity contribution in [3.8, 4) is 0 Å². The molecule has 1 fully saturated rings. The summed E-state index contributed by atoms with van der Waals surface area (Å²) < 4.78 is 53.3. The number of aromatic nitrogens is 2. The molecule has 176 valence electrons. The predicted molar refractivity (Wildman–Crippen MR) is 128 cm³/mol. The van der Waals surface area contributed by atoms with E-state index in [1.165, 1.54) is 13.0 Å². The number of nitrogens with one attached hydrogen (secondary N) is 2. The van der Waals surface area contributed by atoms with Crippen LogP contribution in [0.2, 0.25) is 0 Å². The number of anilines is 2. The lowest BCUT2D eigenvalue weighted by Gasteiger charge is -2.22.